The second-order valence-electron chi connectivity index (χ2n) is 9.36. The van der Waals surface area contributed by atoms with Gasteiger partial charge in [0.2, 0.25) is 5.91 Å². The number of nitrogens with one attached hydrogen (secondary N) is 2. The highest BCUT2D eigenvalue weighted by Gasteiger charge is 2.37. The maximum absolute atomic E-state index is 12.6. The molecule has 1 aliphatic rings. The lowest BCUT2D eigenvalue weighted by Gasteiger charge is -2.36. The van der Waals surface area contributed by atoms with Gasteiger partial charge >= 0.3 is 0 Å². The van der Waals surface area contributed by atoms with Crippen molar-refractivity contribution in [3.63, 3.8) is 0 Å². The van der Waals surface area contributed by atoms with Crippen LogP contribution in [0.5, 0.6) is 0 Å². The van der Waals surface area contributed by atoms with Crippen LogP contribution in [0, 0.1) is 0 Å². The number of aliphatic hydroxyl groups excluding tert-OH is 4. The van der Waals surface area contributed by atoms with Gasteiger partial charge in [0.25, 0.3) is 0 Å². The molecule has 0 aliphatic heterocycles. The number of rotatable bonds is 15. The largest absolute Gasteiger partial charge is 0.388 e. The molecule has 0 aromatic heterocycles. The number of hydrogen-bond acceptors (Lipinski definition) is 6. The van der Waals surface area contributed by atoms with Crippen molar-refractivity contribution in [3.05, 3.63) is 47.5 Å². The Morgan fingerprint density at radius 3 is 2.24 bits per heavy atom. The van der Waals surface area contributed by atoms with Crippen LogP contribution in [0.4, 0.5) is 0 Å². The van der Waals surface area contributed by atoms with Gasteiger partial charge in [-0.05, 0) is 24.0 Å². The van der Waals surface area contributed by atoms with Gasteiger partial charge in [0.15, 0.2) is 0 Å². The van der Waals surface area contributed by atoms with E-state index in [9.17, 15) is 25.2 Å². The van der Waals surface area contributed by atoms with Crippen LogP contribution in [0.15, 0.2) is 42.0 Å². The summed E-state index contributed by atoms with van der Waals surface area (Å²) in [5.74, 6) is -0.111. The lowest BCUT2D eigenvalue weighted by atomic mass is 9.86. The molecule has 192 valence electrons. The highest BCUT2D eigenvalue weighted by molar-refractivity contribution is 5.76. The molecule has 2 rings (SSSR count). The number of benzene rings is 1. The van der Waals surface area contributed by atoms with E-state index in [1.807, 2.05) is 37.3 Å². The van der Waals surface area contributed by atoms with Gasteiger partial charge in [0, 0.05) is 13.0 Å². The average Bonchev–Trinajstić information content (AvgIpc) is 2.85. The molecule has 0 saturated carbocycles. The Hall–Kier alpha value is -1.77. The average molecular weight is 477 g/mol. The summed E-state index contributed by atoms with van der Waals surface area (Å²) in [6, 6.07) is 7.94. The Labute approximate surface area is 204 Å². The molecule has 1 aromatic rings. The standard InChI is InChI=1S/C27H44N2O5/c1-3-5-6-7-8-9-13-16-23(30)29-22(24(31)20-14-11-10-12-15-20)18-28-21-17-19(4-2)25(32)27(34)26(21)33/h10-12,14-15,17,21-22,24-28,31-34H,3-9,13,16,18H2,1-2H3,(H,29,30)/t21-,22?,24-,25?,26?,27+/m1/s1. The van der Waals surface area contributed by atoms with E-state index in [2.05, 4.69) is 17.6 Å². The smallest absolute Gasteiger partial charge is 0.220 e. The molecular formula is C27H44N2O5. The second kappa shape index (κ2) is 15.3. The fourth-order valence-electron chi connectivity index (χ4n) is 4.46. The third-order valence-electron chi connectivity index (χ3n) is 6.67. The molecule has 6 atom stereocenters. The fourth-order valence-corrected chi connectivity index (χ4v) is 4.46. The van der Waals surface area contributed by atoms with Gasteiger partial charge < -0.3 is 31.1 Å². The van der Waals surface area contributed by atoms with E-state index >= 15 is 0 Å². The maximum atomic E-state index is 12.6. The number of unbranched alkanes of at least 4 members (excludes halogenated alkanes) is 6. The number of carbonyl (C=O) groups is 1. The third kappa shape index (κ3) is 8.78. The van der Waals surface area contributed by atoms with Crippen molar-refractivity contribution in [2.24, 2.45) is 0 Å². The zero-order valence-corrected chi connectivity index (χ0v) is 20.7. The van der Waals surface area contributed by atoms with Gasteiger partial charge in [0.1, 0.15) is 24.4 Å². The van der Waals surface area contributed by atoms with Crippen LogP contribution in [0.3, 0.4) is 0 Å². The van der Waals surface area contributed by atoms with E-state index < -0.39 is 36.5 Å². The Morgan fingerprint density at radius 1 is 0.941 bits per heavy atom. The van der Waals surface area contributed by atoms with Gasteiger partial charge in [-0.15, -0.1) is 0 Å². The van der Waals surface area contributed by atoms with Gasteiger partial charge in [-0.25, -0.2) is 0 Å². The lowest BCUT2D eigenvalue weighted by molar-refractivity contribution is -0.122. The summed E-state index contributed by atoms with van der Waals surface area (Å²) >= 11 is 0. The zero-order chi connectivity index (χ0) is 24.9. The van der Waals surface area contributed by atoms with Gasteiger partial charge in [-0.2, -0.15) is 0 Å². The molecule has 0 fully saturated rings. The van der Waals surface area contributed by atoms with Crippen LogP contribution in [0.25, 0.3) is 0 Å². The maximum Gasteiger partial charge on any atom is 0.220 e. The first-order chi connectivity index (χ1) is 16.4. The third-order valence-corrected chi connectivity index (χ3v) is 6.67. The molecule has 6 N–H and O–H groups in total. The molecule has 1 aliphatic carbocycles. The predicted molar refractivity (Wildman–Crippen MR) is 134 cm³/mol. The van der Waals surface area contributed by atoms with Crippen molar-refractivity contribution < 1.29 is 25.2 Å². The summed E-state index contributed by atoms with van der Waals surface area (Å²) < 4.78 is 0. The summed E-state index contributed by atoms with van der Waals surface area (Å²) in [5.41, 5.74) is 1.34. The highest BCUT2D eigenvalue weighted by atomic mass is 16.4. The molecule has 34 heavy (non-hydrogen) atoms. The summed E-state index contributed by atoms with van der Waals surface area (Å²) in [7, 11) is 0. The predicted octanol–water partition coefficient (Wildman–Crippen LogP) is 2.74. The monoisotopic (exact) mass is 476 g/mol. The molecule has 1 aromatic carbocycles. The number of aliphatic hydroxyl groups is 4. The summed E-state index contributed by atoms with van der Waals surface area (Å²) in [6.07, 6.45) is 6.05. The summed E-state index contributed by atoms with van der Waals surface area (Å²) in [4.78, 5) is 12.6. The van der Waals surface area contributed by atoms with Crippen LogP contribution < -0.4 is 10.6 Å². The molecule has 0 radical (unpaired) electrons. The van der Waals surface area contributed by atoms with Gasteiger partial charge in [-0.3, -0.25) is 4.79 Å². The van der Waals surface area contributed by atoms with E-state index in [4.69, 9.17) is 0 Å². The van der Waals surface area contributed by atoms with Crippen molar-refractivity contribution in [3.8, 4) is 0 Å². The van der Waals surface area contributed by atoms with Crippen molar-refractivity contribution in [2.75, 3.05) is 6.54 Å². The minimum absolute atomic E-state index is 0.111. The Balaban J connectivity index is 1.97. The van der Waals surface area contributed by atoms with Crippen molar-refractivity contribution >= 4 is 5.91 Å². The van der Waals surface area contributed by atoms with Crippen LogP contribution in [0.2, 0.25) is 0 Å². The van der Waals surface area contributed by atoms with E-state index in [-0.39, 0.29) is 12.5 Å². The topological polar surface area (TPSA) is 122 Å². The number of amides is 1. The molecule has 0 saturated heterocycles. The molecule has 1 amide bonds. The molecule has 0 bridgehead atoms. The Kier molecular flexibility index (Phi) is 12.8. The van der Waals surface area contributed by atoms with E-state index in [0.29, 0.717) is 24.0 Å². The first kappa shape index (κ1) is 28.5. The van der Waals surface area contributed by atoms with Crippen molar-refractivity contribution in [1.82, 2.24) is 10.6 Å². The fraction of sp³-hybridized carbons (Fsp3) is 0.667. The molecule has 0 heterocycles. The zero-order valence-electron chi connectivity index (χ0n) is 20.7. The van der Waals surface area contributed by atoms with Crippen molar-refractivity contribution in [1.29, 1.82) is 0 Å². The number of hydrogen-bond donors (Lipinski definition) is 6. The molecule has 0 spiro atoms. The Bertz CT molecular complexity index is 742. The van der Waals surface area contributed by atoms with Crippen LogP contribution in [0.1, 0.15) is 83.3 Å². The van der Waals surface area contributed by atoms with E-state index in [0.717, 1.165) is 19.3 Å². The molecule has 3 unspecified atom stereocenters. The molecule has 7 nitrogen and oxygen atoms in total. The van der Waals surface area contributed by atoms with Gasteiger partial charge in [-0.1, -0.05) is 88.8 Å². The summed E-state index contributed by atoms with van der Waals surface area (Å²) in [6.45, 7) is 4.26. The van der Waals surface area contributed by atoms with E-state index in [1.54, 1.807) is 6.08 Å². The minimum atomic E-state index is -1.29. The molecule has 7 heteroatoms. The molecular weight excluding hydrogens is 432 g/mol. The van der Waals surface area contributed by atoms with Gasteiger partial charge in [0.05, 0.1) is 12.1 Å². The van der Waals surface area contributed by atoms with Crippen molar-refractivity contribution in [2.45, 2.75) is 108 Å². The summed E-state index contributed by atoms with van der Waals surface area (Å²) in [5, 5.41) is 47.9. The SMILES string of the molecule is CCCCCCCCCC(=O)NC(CN[C@@H]1C=C(CC)C(O)[C@H](O)C1O)[C@H](O)c1ccccc1. The minimum Gasteiger partial charge on any atom is -0.388 e. The normalized spacial score (nSPS) is 24.4. The first-order valence-corrected chi connectivity index (χ1v) is 12.9. The number of carbonyl (C=O) groups excluding carboxylic acids is 1. The quantitative estimate of drug-likeness (QED) is 0.171. The Morgan fingerprint density at radius 2 is 1.59 bits per heavy atom. The van der Waals surface area contributed by atoms with Crippen LogP contribution in [-0.4, -0.2) is 63.3 Å². The van der Waals surface area contributed by atoms with E-state index in [1.165, 1.54) is 25.7 Å². The van der Waals surface area contributed by atoms with Crippen LogP contribution in [-0.2, 0) is 4.79 Å². The lowest BCUT2D eigenvalue weighted by Crippen LogP contribution is -2.56. The highest BCUT2D eigenvalue weighted by Crippen LogP contribution is 2.23. The second-order valence-corrected chi connectivity index (χ2v) is 9.36. The first-order valence-electron chi connectivity index (χ1n) is 12.9. The van der Waals surface area contributed by atoms with Crippen LogP contribution >= 0.6 is 0 Å².